The van der Waals surface area contributed by atoms with Gasteiger partial charge in [0.2, 0.25) is 5.91 Å². The fourth-order valence-corrected chi connectivity index (χ4v) is 3.35. The number of imidazole rings is 1. The van der Waals surface area contributed by atoms with Crippen molar-refractivity contribution >= 4 is 16.9 Å². The van der Waals surface area contributed by atoms with E-state index >= 15 is 0 Å². The Morgan fingerprint density at radius 3 is 2.87 bits per heavy atom. The van der Waals surface area contributed by atoms with Crippen molar-refractivity contribution < 1.29 is 4.79 Å². The van der Waals surface area contributed by atoms with Crippen molar-refractivity contribution in [3.8, 4) is 0 Å². The molecule has 1 aliphatic rings. The highest BCUT2D eigenvalue weighted by molar-refractivity contribution is 5.82. The molecule has 0 radical (unpaired) electrons. The molecule has 1 atom stereocenters. The molecule has 0 spiro atoms. The Balaban J connectivity index is 1.68. The quantitative estimate of drug-likeness (QED) is 0.822. The molecule has 5 nitrogen and oxygen atoms in total. The summed E-state index contributed by atoms with van der Waals surface area (Å²) < 4.78 is 2.19. The Bertz CT molecular complexity index is 666. The number of para-hydroxylation sites is 2. The van der Waals surface area contributed by atoms with Crippen molar-refractivity contribution in [3.05, 3.63) is 30.6 Å². The molecule has 0 aliphatic carbocycles. The summed E-state index contributed by atoms with van der Waals surface area (Å²) in [6.07, 6.45) is 5.11. The molecular formula is C18H26N4O. The van der Waals surface area contributed by atoms with Gasteiger partial charge in [0.15, 0.2) is 0 Å². The number of unbranched alkanes of at least 4 members (excludes halogenated alkanes) is 1. The minimum Gasteiger partial charge on any atom is -0.343 e. The zero-order chi connectivity index (χ0) is 16.2. The van der Waals surface area contributed by atoms with Gasteiger partial charge in [-0.3, -0.25) is 9.69 Å². The molecule has 3 rings (SSSR count). The van der Waals surface area contributed by atoms with E-state index in [0.717, 1.165) is 56.5 Å². The standard InChI is InChI=1S/C18H26N4O/c1-3-4-8-17-18(23)20(2)10-11-21(17)12-13-22-14-19-15-7-5-6-9-16(15)22/h5-7,9,14,17H,3-4,8,10-13H2,1-2H3/t17-/m1/s1. The van der Waals surface area contributed by atoms with Crippen molar-refractivity contribution in [2.75, 3.05) is 26.7 Å². The van der Waals surface area contributed by atoms with Crippen molar-refractivity contribution in [1.29, 1.82) is 0 Å². The van der Waals surface area contributed by atoms with Crippen LogP contribution in [0.25, 0.3) is 11.0 Å². The van der Waals surface area contributed by atoms with Crippen LogP contribution < -0.4 is 0 Å². The molecule has 1 saturated heterocycles. The molecule has 2 heterocycles. The summed E-state index contributed by atoms with van der Waals surface area (Å²) in [4.78, 5) is 21.2. The Kier molecular flexibility index (Phi) is 4.96. The highest BCUT2D eigenvalue weighted by Gasteiger charge is 2.32. The van der Waals surface area contributed by atoms with Gasteiger partial charge < -0.3 is 9.47 Å². The van der Waals surface area contributed by atoms with Gasteiger partial charge in [0.1, 0.15) is 0 Å². The summed E-state index contributed by atoms with van der Waals surface area (Å²) in [5, 5.41) is 0. The summed E-state index contributed by atoms with van der Waals surface area (Å²) in [5.74, 6) is 0.278. The molecule has 1 aromatic carbocycles. The van der Waals surface area contributed by atoms with E-state index in [1.165, 1.54) is 0 Å². The molecule has 1 aliphatic heterocycles. The number of fused-ring (bicyclic) bond motifs is 1. The van der Waals surface area contributed by atoms with Gasteiger partial charge >= 0.3 is 0 Å². The third-order valence-electron chi connectivity index (χ3n) is 4.81. The van der Waals surface area contributed by atoms with Crippen LogP contribution in [-0.2, 0) is 11.3 Å². The van der Waals surface area contributed by atoms with Crippen LogP contribution in [0.15, 0.2) is 30.6 Å². The van der Waals surface area contributed by atoms with Gasteiger partial charge in [-0.15, -0.1) is 0 Å². The van der Waals surface area contributed by atoms with E-state index in [9.17, 15) is 4.79 Å². The maximum atomic E-state index is 12.5. The van der Waals surface area contributed by atoms with E-state index in [1.807, 2.05) is 36.5 Å². The van der Waals surface area contributed by atoms with Gasteiger partial charge in [-0.05, 0) is 18.6 Å². The molecule has 5 heteroatoms. The number of likely N-dealkylation sites (N-methyl/N-ethyl adjacent to an activating group) is 1. The third kappa shape index (κ3) is 3.39. The van der Waals surface area contributed by atoms with Gasteiger partial charge in [-0.1, -0.05) is 31.9 Å². The van der Waals surface area contributed by atoms with E-state index in [0.29, 0.717) is 0 Å². The second kappa shape index (κ2) is 7.13. The molecule has 0 bridgehead atoms. The van der Waals surface area contributed by atoms with Crippen LogP contribution in [-0.4, -0.2) is 58.0 Å². The Labute approximate surface area is 137 Å². The van der Waals surface area contributed by atoms with Crippen LogP contribution in [0.2, 0.25) is 0 Å². The number of aromatic nitrogens is 2. The second-order valence-electron chi connectivity index (χ2n) is 6.38. The first-order chi connectivity index (χ1) is 11.2. The van der Waals surface area contributed by atoms with Crippen molar-refractivity contribution in [3.63, 3.8) is 0 Å². The number of carbonyl (C=O) groups is 1. The van der Waals surface area contributed by atoms with Gasteiger partial charge in [-0.25, -0.2) is 4.98 Å². The molecule has 1 aromatic heterocycles. The highest BCUT2D eigenvalue weighted by atomic mass is 16.2. The number of nitrogens with zero attached hydrogens (tertiary/aromatic N) is 4. The van der Waals surface area contributed by atoms with Crippen LogP contribution >= 0.6 is 0 Å². The smallest absolute Gasteiger partial charge is 0.239 e. The fourth-order valence-electron chi connectivity index (χ4n) is 3.35. The van der Waals surface area contributed by atoms with Crippen molar-refractivity contribution in [2.45, 2.75) is 38.8 Å². The first-order valence-electron chi connectivity index (χ1n) is 8.59. The summed E-state index contributed by atoms with van der Waals surface area (Å²) >= 11 is 0. The molecule has 124 valence electrons. The number of rotatable bonds is 6. The number of piperazine rings is 1. The molecule has 1 amide bonds. The molecule has 0 N–H and O–H groups in total. The largest absolute Gasteiger partial charge is 0.343 e. The van der Waals surface area contributed by atoms with Gasteiger partial charge in [0, 0.05) is 33.2 Å². The summed E-state index contributed by atoms with van der Waals surface area (Å²) in [6, 6.07) is 8.24. The van der Waals surface area contributed by atoms with E-state index in [4.69, 9.17) is 0 Å². The van der Waals surface area contributed by atoms with Crippen LogP contribution in [0.1, 0.15) is 26.2 Å². The van der Waals surface area contributed by atoms with Crippen LogP contribution in [0.5, 0.6) is 0 Å². The topological polar surface area (TPSA) is 41.4 Å². The number of amides is 1. The van der Waals surface area contributed by atoms with Crippen molar-refractivity contribution in [2.24, 2.45) is 0 Å². The minimum atomic E-state index is 0.0449. The highest BCUT2D eigenvalue weighted by Crippen LogP contribution is 2.17. The Morgan fingerprint density at radius 2 is 2.04 bits per heavy atom. The van der Waals surface area contributed by atoms with Crippen LogP contribution in [0.3, 0.4) is 0 Å². The monoisotopic (exact) mass is 314 g/mol. The lowest BCUT2D eigenvalue weighted by molar-refractivity contribution is -0.140. The predicted octanol–water partition coefficient (Wildman–Crippen LogP) is 2.37. The lowest BCUT2D eigenvalue weighted by Gasteiger charge is -2.39. The zero-order valence-corrected chi connectivity index (χ0v) is 14.1. The Hall–Kier alpha value is -1.88. The molecule has 2 aromatic rings. The number of benzene rings is 1. The van der Waals surface area contributed by atoms with Gasteiger partial charge in [0.25, 0.3) is 0 Å². The van der Waals surface area contributed by atoms with Gasteiger partial charge in [-0.2, -0.15) is 0 Å². The molecule has 1 fully saturated rings. The molecular weight excluding hydrogens is 288 g/mol. The molecule has 0 saturated carbocycles. The van der Waals surface area contributed by atoms with E-state index < -0.39 is 0 Å². The summed E-state index contributed by atoms with van der Waals surface area (Å²) in [5.41, 5.74) is 2.20. The fraction of sp³-hybridized carbons (Fsp3) is 0.556. The first kappa shape index (κ1) is 16.0. The lowest BCUT2D eigenvalue weighted by atomic mass is 10.0. The second-order valence-corrected chi connectivity index (χ2v) is 6.38. The maximum Gasteiger partial charge on any atom is 0.239 e. The summed E-state index contributed by atoms with van der Waals surface area (Å²) in [6.45, 7) is 5.74. The van der Waals surface area contributed by atoms with Gasteiger partial charge in [0.05, 0.1) is 23.4 Å². The SMILES string of the molecule is CCCC[C@@H]1C(=O)N(C)CCN1CCn1cnc2ccccc21. The zero-order valence-electron chi connectivity index (χ0n) is 14.1. The normalized spacial score (nSPS) is 19.7. The minimum absolute atomic E-state index is 0.0449. The number of hydrogen-bond donors (Lipinski definition) is 0. The van der Waals surface area contributed by atoms with Crippen molar-refractivity contribution in [1.82, 2.24) is 19.4 Å². The third-order valence-corrected chi connectivity index (χ3v) is 4.81. The summed E-state index contributed by atoms with van der Waals surface area (Å²) in [7, 11) is 1.92. The van der Waals surface area contributed by atoms with E-state index in [1.54, 1.807) is 0 Å². The number of hydrogen-bond acceptors (Lipinski definition) is 3. The van der Waals surface area contributed by atoms with E-state index in [-0.39, 0.29) is 11.9 Å². The molecule has 23 heavy (non-hydrogen) atoms. The first-order valence-corrected chi connectivity index (χ1v) is 8.59. The average molecular weight is 314 g/mol. The van der Waals surface area contributed by atoms with Crippen LogP contribution in [0, 0.1) is 0 Å². The maximum absolute atomic E-state index is 12.5. The van der Waals surface area contributed by atoms with Crippen LogP contribution in [0.4, 0.5) is 0 Å². The lowest BCUT2D eigenvalue weighted by Crippen LogP contribution is -2.56. The number of carbonyl (C=O) groups excluding carboxylic acids is 1. The molecule has 0 unspecified atom stereocenters. The Morgan fingerprint density at radius 1 is 1.22 bits per heavy atom. The predicted molar refractivity (Wildman–Crippen MR) is 92.3 cm³/mol. The van der Waals surface area contributed by atoms with E-state index in [2.05, 4.69) is 27.4 Å². The average Bonchev–Trinajstić information content (AvgIpc) is 2.98.